The van der Waals surface area contributed by atoms with Crippen LogP contribution < -0.4 is 5.32 Å². The Morgan fingerprint density at radius 1 is 1.32 bits per heavy atom. The highest BCUT2D eigenvalue weighted by Crippen LogP contribution is 2.58. The average molecular weight is 427 g/mol. The summed E-state index contributed by atoms with van der Waals surface area (Å²) < 4.78 is 5.47. The first-order valence-electron chi connectivity index (χ1n) is 11.9. The molecule has 1 N–H and O–H groups in total. The third-order valence-corrected chi connectivity index (χ3v) is 7.69. The number of amides is 1. The summed E-state index contributed by atoms with van der Waals surface area (Å²) in [6, 6.07) is 2.49. The molecular weight excluding hydrogens is 392 g/mol. The molecule has 2 aromatic heterocycles. The van der Waals surface area contributed by atoms with Crippen LogP contribution in [0.5, 0.6) is 0 Å². The van der Waals surface area contributed by atoms with E-state index in [9.17, 15) is 4.79 Å². The maximum absolute atomic E-state index is 12.3. The van der Waals surface area contributed by atoms with Gasteiger partial charge >= 0.3 is 0 Å². The number of carbonyl (C=O) groups is 1. The number of piperidine rings is 1. The van der Waals surface area contributed by atoms with Crippen molar-refractivity contribution >= 4 is 5.91 Å². The molecule has 1 saturated heterocycles. The number of nitrogens with zero attached hydrogens (tertiary/aromatic N) is 5. The van der Waals surface area contributed by atoms with Crippen molar-refractivity contribution < 1.29 is 9.32 Å². The Bertz CT molecular complexity index is 915. The fourth-order valence-corrected chi connectivity index (χ4v) is 5.74. The van der Waals surface area contributed by atoms with Crippen molar-refractivity contribution in [1.82, 2.24) is 30.4 Å². The first kappa shape index (κ1) is 20.7. The first-order chi connectivity index (χ1) is 15.0. The lowest BCUT2D eigenvalue weighted by Gasteiger charge is -2.30. The fraction of sp³-hybridized carbons (Fsp3) is 0.739. The zero-order chi connectivity index (χ0) is 21.4. The van der Waals surface area contributed by atoms with Crippen LogP contribution in [0.1, 0.15) is 62.6 Å². The van der Waals surface area contributed by atoms with Gasteiger partial charge < -0.3 is 14.7 Å². The molecule has 168 valence electrons. The van der Waals surface area contributed by atoms with Gasteiger partial charge in [0.1, 0.15) is 5.76 Å². The summed E-state index contributed by atoms with van der Waals surface area (Å²) >= 11 is 0. The summed E-state index contributed by atoms with van der Waals surface area (Å²) in [4.78, 5) is 16.4. The zero-order valence-electron chi connectivity index (χ0n) is 18.7. The Kier molecular flexibility index (Phi) is 5.58. The molecule has 1 aliphatic heterocycles. The molecule has 3 heterocycles. The van der Waals surface area contributed by atoms with E-state index in [2.05, 4.69) is 38.6 Å². The average Bonchev–Trinajstić information content (AvgIpc) is 3.17. The van der Waals surface area contributed by atoms with Gasteiger partial charge in [0.25, 0.3) is 0 Å². The van der Waals surface area contributed by atoms with E-state index >= 15 is 0 Å². The molecule has 2 aliphatic carbocycles. The van der Waals surface area contributed by atoms with Gasteiger partial charge in [-0.25, -0.2) is 0 Å². The lowest BCUT2D eigenvalue weighted by molar-refractivity contribution is -0.121. The molecule has 0 spiro atoms. The van der Waals surface area contributed by atoms with Crippen LogP contribution in [0.4, 0.5) is 0 Å². The van der Waals surface area contributed by atoms with E-state index in [-0.39, 0.29) is 11.3 Å². The molecule has 0 radical (unpaired) electrons. The number of carbonyl (C=O) groups excluding carboxylic acids is 1. The molecule has 2 atom stereocenters. The van der Waals surface area contributed by atoms with Crippen molar-refractivity contribution in [2.24, 2.45) is 18.9 Å². The lowest BCUT2D eigenvalue weighted by Crippen LogP contribution is -2.39. The minimum atomic E-state index is 0.0598. The van der Waals surface area contributed by atoms with Crippen LogP contribution >= 0.6 is 0 Å². The molecular formula is C23H34N6O2. The van der Waals surface area contributed by atoms with Crippen molar-refractivity contribution in [2.45, 2.75) is 69.7 Å². The summed E-state index contributed by atoms with van der Waals surface area (Å²) in [7, 11) is 1.77. The van der Waals surface area contributed by atoms with Gasteiger partial charge in [0.2, 0.25) is 5.91 Å². The Balaban J connectivity index is 1.02. The van der Waals surface area contributed by atoms with E-state index in [0.29, 0.717) is 12.5 Å². The quantitative estimate of drug-likeness (QED) is 0.696. The molecule has 8 nitrogen and oxygen atoms in total. The Labute approximate surface area is 183 Å². The fourth-order valence-electron chi connectivity index (χ4n) is 5.74. The molecule has 31 heavy (non-hydrogen) atoms. The zero-order valence-corrected chi connectivity index (χ0v) is 18.7. The normalized spacial score (nSPS) is 30.3. The highest BCUT2D eigenvalue weighted by Gasteiger charge is 2.62. The summed E-state index contributed by atoms with van der Waals surface area (Å²) in [5.41, 5.74) is 2.20. The highest BCUT2D eigenvalue weighted by atomic mass is 16.5. The predicted octanol–water partition coefficient (Wildman–Crippen LogP) is 2.25. The van der Waals surface area contributed by atoms with Crippen LogP contribution in [0.2, 0.25) is 0 Å². The van der Waals surface area contributed by atoms with Crippen molar-refractivity contribution in [2.75, 3.05) is 19.6 Å². The van der Waals surface area contributed by atoms with Gasteiger partial charge in [-0.1, -0.05) is 12.1 Å². The van der Waals surface area contributed by atoms with Gasteiger partial charge in [0.05, 0.1) is 24.0 Å². The summed E-state index contributed by atoms with van der Waals surface area (Å²) in [6.07, 6.45) is 10.0. The van der Waals surface area contributed by atoms with Crippen LogP contribution in [0.3, 0.4) is 0 Å². The third kappa shape index (κ3) is 4.40. The van der Waals surface area contributed by atoms with E-state index in [1.54, 1.807) is 13.2 Å². The number of nitrogens with one attached hydrogen (secondary N) is 1. The number of fused-ring (bicyclic) bond motifs is 1. The van der Waals surface area contributed by atoms with E-state index in [4.69, 9.17) is 4.52 Å². The Morgan fingerprint density at radius 3 is 2.87 bits per heavy atom. The second-order valence-corrected chi connectivity index (χ2v) is 9.90. The van der Waals surface area contributed by atoms with Gasteiger partial charge in [-0.3, -0.25) is 4.79 Å². The smallest absolute Gasteiger partial charge is 0.226 e. The molecule has 0 unspecified atom stereocenters. The molecule has 2 aromatic rings. The second kappa shape index (κ2) is 8.37. The van der Waals surface area contributed by atoms with Gasteiger partial charge in [0.15, 0.2) is 0 Å². The maximum atomic E-state index is 12.3. The van der Waals surface area contributed by atoms with Crippen LogP contribution in [-0.4, -0.2) is 56.6 Å². The van der Waals surface area contributed by atoms with Gasteiger partial charge in [-0.15, -0.1) is 0 Å². The highest BCUT2D eigenvalue weighted by molar-refractivity contribution is 5.78. The number of hydrogen-bond donors (Lipinski definition) is 1. The molecule has 8 heteroatoms. The van der Waals surface area contributed by atoms with E-state index in [0.717, 1.165) is 49.1 Å². The van der Waals surface area contributed by atoms with Crippen molar-refractivity contribution in [3.63, 3.8) is 0 Å². The van der Waals surface area contributed by atoms with E-state index < -0.39 is 0 Å². The van der Waals surface area contributed by atoms with Crippen molar-refractivity contribution in [3.8, 4) is 0 Å². The molecule has 3 aliphatic rings. The lowest BCUT2D eigenvalue weighted by atomic mass is 9.84. The summed E-state index contributed by atoms with van der Waals surface area (Å²) in [5, 5.41) is 15.8. The molecule has 2 saturated carbocycles. The SMILES string of the molecule is CCc1cc([C@]23C[C@H]2CN(CCC2CCC(NC(=O)Cc4cnn(C)n4)CC2)C3)no1. The van der Waals surface area contributed by atoms with Crippen LogP contribution in [-0.2, 0) is 30.1 Å². The minimum absolute atomic E-state index is 0.0598. The van der Waals surface area contributed by atoms with E-state index in [1.165, 1.54) is 49.3 Å². The van der Waals surface area contributed by atoms with Crippen LogP contribution in [0.15, 0.2) is 16.8 Å². The predicted molar refractivity (Wildman–Crippen MR) is 115 cm³/mol. The minimum Gasteiger partial charge on any atom is -0.361 e. The van der Waals surface area contributed by atoms with Crippen LogP contribution in [0.25, 0.3) is 0 Å². The maximum Gasteiger partial charge on any atom is 0.226 e. The first-order valence-corrected chi connectivity index (χ1v) is 11.9. The largest absolute Gasteiger partial charge is 0.361 e. The second-order valence-electron chi connectivity index (χ2n) is 9.90. The number of likely N-dealkylation sites (tertiary alicyclic amines) is 1. The monoisotopic (exact) mass is 426 g/mol. The topological polar surface area (TPSA) is 89.1 Å². The van der Waals surface area contributed by atoms with Crippen molar-refractivity contribution in [1.29, 1.82) is 0 Å². The molecule has 0 aromatic carbocycles. The number of rotatable bonds is 8. The van der Waals surface area contributed by atoms with Gasteiger partial charge in [-0.05, 0) is 56.9 Å². The Hall–Kier alpha value is -2.22. The summed E-state index contributed by atoms with van der Waals surface area (Å²) in [6.45, 7) is 5.65. The van der Waals surface area contributed by atoms with E-state index in [1.807, 2.05) is 0 Å². The van der Waals surface area contributed by atoms with Crippen molar-refractivity contribution in [3.05, 3.63) is 29.4 Å². The molecule has 3 fully saturated rings. The molecule has 1 amide bonds. The van der Waals surface area contributed by atoms with Crippen LogP contribution in [0, 0.1) is 11.8 Å². The van der Waals surface area contributed by atoms with Gasteiger partial charge in [0, 0.05) is 44.1 Å². The number of aryl methyl sites for hydroxylation is 2. The molecule has 0 bridgehead atoms. The van der Waals surface area contributed by atoms with Gasteiger partial charge in [-0.2, -0.15) is 15.0 Å². The number of hydrogen-bond acceptors (Lipinski definition) is 6. The summed E-state index contributed by atoms with van der Waals surface area (Å²) in [5.74, 6) is 2.61. The standard InChI is InChI=1S/C23H34N6O2/c1-3-20-11-21(27-31-20)23-12-17(23)14-29(15-23)9-8-16-4-6-18(7-5-16)25-22(30)10-19-13-24-28(2)26-19/h11,13,16-18H,3-10,12,14-15H2,1-2H3,(H,25,30)/t16?,17-,18?,23-/m0/s1. The third-order valence-electron chi connectivity index (χ3n) is 7.69. The molecule has 5 rings (SSSR count). The number of aromatic nitrogens is 4. The Morgan fingerprint density at radius 2 is 2.16 bits per heavy atom.